The minimum absolute atomic E-state index is 0.752. The van der Waals surface area contributed by atoms with E-state index >= 15 is 0 Å². The van der Waals surface area contributed by atoms with E-state index < -0.39 is 0 Å². The lowest BCUT2D eigenvalue weighted by Gasteiger charge is -2.03. The van der Waals surface area contributed by atoms with Gasteiger partial charge in [0, 0.05) is 0 Å². The SMILES string of the molecule is Cc1ccc(/C=N/c2ccc(-c3ccc(/N=C/c4ccc(C)o4)cc3)cc2)o1. The molecule has 4 aromatic rings. The molecule has 0 saturated heterocycles. The Morgan fingerprint density at radius 1 is 0.536 bits per heavy atom. The first kappa shape index (κ1) is 17.7. The second-order valence-corrected chi connectivity index (χ2v) is 6.51. The largest absolute Gasteiger partial charge is 0.460 e. The number of hydrogen-bond donors (Lipinski definition) is 0. The molecular formula is C24H20N2O2. The van der Waals surface area contributed by atoms with Crippen LogP contribution in [0.25, 0.3) is 11.1 Å². The smallest absolute Gasteiger partial charge is 0.145 e. The summed E-state index contributed by atoms with van der Waals surface area (Å²) in [6, 6.07) is 23.9. The van der Waals surface area contributed by atoms with Gasteiger partial charge in [-0.1, -0.05) is 24.3 Å². The topological polar surface area (TPSA) is 51.0 Å². The third-order valence-electron chi connectivity index (χ3n) is 4.27. The van der Waals surface area contributed by atoms with Gasteiger partial charge in [-0.25, -0.2) is 0 Å². The summed E-state index contributed by atoms with van der Waals surface area (Å²) in [6.07, 6.45) is 3.46. The van der Waals surface area contributed by atoms with Crippen LogP contribution in [0, 0.1) is 13.8 Å². The Kier molecular flexibility index (Phi) is 5.02. The molecule has 0 saturated carbocycles. The van der Waals surface area contributed by atoms with Gasteiger partial charge >= 0.3 is 0 Å². The van der Waals surface area contributed by atoms with Gasteiger partial charge in [-0.15, -0.1) is 0 Å². The van der Waals surface area contributed by atoms with E-state index in [0.717, 1.165) is 45.5 Å². The van der Waals surface area contributed by atoms with Gasteiger partial charge in [-0.05, 0) is 73.5 Å². The van der Waals surface area contributed by atoms with E-state index in [0.29, 0.717) is 0 Å². The Hall–Kier alpha value is -3.66. The van der Waals surface area contributed by atoms with Crippen molar-refractivity contribution in [2.24, 2.45) is 9.98 Å². The van der Waals surface area contributed by atoms with Crippen LogP contribution in [-0.4, -0.2) is 12.4 Å². The van der Waals surface area contributed by atoms with Gasteiger partial charge in [0.2, 0.25) is 0 Å². The Morgan fingerprint density at radius 3 is 1.25 bits per heavy atom. The molecule has 2 aromatic carbocycles. The normalized spacial score (nSPS) is 11.6. The minimum atomic E-state index is 0.752. The molecule has 0 amide bonds. The molecule has 0 spiro atoms. The van der Waals surface area contributed by atoms with Crippen LogP contribution in [0.4, 0.5) is 11.4 Å². The number of aryl methyl sites for hydroxylation is 2. The Balaban J connectivity index is 1.44. The molecule has 0 fully saturated rings. The summed E-state index contributed by atoms with van der Waals surface area (Å²) in [7, 11) is 0. The summed E-state index contributed by atoms with van der Waals surface area (Å²) in [6.45, 7) is 3.83. The summed E-state index contributed by atoms with van der Waals surface area (Å²) in [5.41, 5.74) is 4.02. The van der Waals surface area contributed by atoms with Crippen molar-refractivity contribution in [1.82, 2.24) is 0 Å². The van der Waals surface area contributed by atoms with Gasteiger partial charge in [0.05, 0.1) is 23.8 Å². The number of rotatable bonds is 5. The van der Waals surface area contributed by atoms with Crippen LogP contribution in [0.2, 0.25) is 0 Å². The lowest BCUT2D eigenvalue weighted by Crippen LogP contribution is -1.78. The van der Waals surface area contributed by atoms with Crippen molar-refractivity contribution in [3.05, 3.63) is 95.8 Å². The zero-order valence-electron chi connectivity index (χ0n) is 15.8. The number of hydrogen-bond acceptors (Lipinski definition) is 4. The predicted molar refractivity (Wildman–Crippen MR) is 113 cm³/mol. The molecular weight excluding hydrogens is 348 g/mol. The maximum absolute atomic E-state index is 5.49. The van der Waals surface area contributed by atoms with Gasteiger partial charge in [0.15, 0.2) is 0 Å². The molecule has 2 aromatic heterocycles. The number of nitrogens with zero attached hydrogens (tertiary/aromatic N) is 2. The first-order valence-electron chi connectivity index (χ1n) is 9.07. The van der Waals surface area contributed by atoms with Crippen molar-refractivity contribution in [3.63, 3.8) is 0 Å². The van der Waals surface area contributed by atoms with Crippen molar-refractivity contribution in [2.75, 3.05) is 0 Å². The molecule has 138 valence electrons. The van der Waals surface area contributed by atoms with E-state index in [1.165, 1.54) is 0 Å². The molecule has 2 heterocycles. The summed E-state index contributed by atoms with van der Waals surface area (Å²) in [4.78, 5) is 8.89. The zero-order valence-corrected chi connectivity index (χ0v) is 15.8. The third-order valence-corrected chi connectivity index (χ3v) is 4.27. The van der Waals surface area contributed by atoms with Crippen LogP contribution < -0.4 is 0 Å². The lowest BCUT2D eigenvalue weighted by molar-refractivity contribution is 0.527. The fraction of sp³-hybridized carbons (Fsp3) is 0.0833. The van der Waals surface area contributed by atoms with E-state index in [1.807, 2.05) is 62.4 Å². The summed E-state index contributed by atoms with van der Waals surface area (Å²) >= 11 is 0. The lowest BCUT2D eigenvalue weighted by atomic mass is 10.1. The molecule has 4 nitrogen and oxygen atoms in total. The average molecular weight is 368 g/mol. The van der Waals surface area contributed by atoms with E-state index in [2.05, 4.69) is 34.3 Å². The van der Waals surface area contributed by atoms with Crippen LogP contribution in [0.1, 0.15) is 23.0 Å². The highest BCUT2D eigenvalue weighted by atomic mass is 16.3. The van der Waals surface area contributed by atoms with Crippen molar-refractivity contribution < 1.29 is 8.83 Å². The Bertz CT molecular complexity index is 1020. The van der Waals surface area contributed by atoms with Crippen LogP contribution in [0.5, 0.6) is 0 Å². The van der Waals surface area contributed by atoms with E-state index in [9.17, 15) is 0 Å². The molecule has 4 rings (SSSR count). The first-order chi connectivity index (χ1) is 13.7. The fourth-order valence-electron chi connectivity index (χ4n) is 2.80. The maximum Gasteiger partial charge on any atom is 0.145 e. The van der Waals surface area contributed by atoms with Gasteiger partial charge in [-0.2, -0.15) is 0 Å². The molecule has 0 atom stereocenters. The van der Waals surface area contributed by atoms with Gasteiger partial charge in [0.1, 0.15) is 23.0 Å². The van der Waals surface area contributed by atoms with Crippen molar-refractivity contribution >= 4 is 23.8 Å². The monoisotopic (exact) mass is 368 g/mol. The summed E-state index contributed by atoms with van der Waals surface area (Å²) in [5, 5.41) is 0. The highest BCUT2D eigenvalue weighted by Gasteiger charge is 2.00. The van der Waals surface area contributed by atoms with E-state index in [4.69, 9.17) is 8.83 Å². The molecule has 28 heavy (non-hydrogen) atoms. The number of furan rings is 2. The molecule has 4 heteroatoms. The Labute approximate surface area is 163 Å². The molecule has 0 aliphatic heterocycles. The second-order valence-electron chi connectivity index (χ2n) is 6.51. The zero-order chi connectivity index (χ0) is 19.3. The predicted octanol–water partition coefficient (Wildman–Crippen LogP) is 6.66. The highest BCUT2D eigenvalue weighted by Crippen LogP contribution is 2.25. The minimum Gasteiger partial charge on any atom is -0.460 e. The fourth-order valence-corrected chi connectivity index (χ4v) is 2.80. The standard InChI is InChI=1S/C24H20N2O2/c1-17-3-13-23(27-17)15-25-21-9-5-19(6-10-21)20-7-11-22(12-8-20)26-16-24-14-4-18(2)28-24/h3-16H,1-2H3/b25-15+,26-16+. The van der Waals surface area contributed by atoms with Crippen LogP contribution >= 0.6 is 0 Å². The van der Waals surface area contributed by atoms with Gasteiger partial charge in [-0.3, -0.25) is 9.98 Å². The summed E-state index contributed by atoms with van der Waals surface area (Å²) in [5.74, 6) is 3.26. The average Bonchev–Trinajstić information content (AvgIpc) is 3.33. The second kappa shape index (κ2) is 7.92. The molecule has 0 bridgehead atoms. The van der Waals surface area contributed by atoms with E-state index in [-0.39, 0.29) is 0 Å². The molecule has 0 N–H and O–H groups in total. The third kappa shape index (κ3) is 4.35. The van der Waals surface area contributed by atoms with Crippen molar-refractivity contribution in [1.29, 1.82) is 0 Å². The van der Waals surface area contributed by atoms with Gasteiger partial charge in [0.25, 0.3) is 0 Å². The number of benzene rings is 2. The van der Waals surface area contributed by atoms with Crippen LogP contribution in [-0.2, 0) is 0 Å². The van der Waals surface area contributed by atoms with Crippen molar-refractivity contribution in [2.45, 2.75) is 13.8 Å². The number of aliphatic imine (C=N–C) groups is 2. The highest BCUT2D eigenvalue weighted by molar-refractivity contribution is 5.80. The maximum atomic E-state index is 5.49. The molecule has 0 radical (unpaired) electrons. The first-order valence-corrected chi connectivity index (χ1v) is 9.07. The molecule has 0 unspecified atom stereocenters. The molecule has 0 aliphatic carbocycles. The Morgan fingerprint density at radius 2 is 0.929 bits per heavy atom. The van der Waals surface area contributed by atoms with Gasteiger partial charge < -0.3 is 8.83 Å². The molecule has 0 aliphatic rings. The van der Waals surface area contributed by atoms with Crippen LogP contribution in [0.3, 0.4) is 0 Å². The quantitative estimate of drug-likeness (QED) is 0.370. The summed E-state index contributed by atoms with van der Waals surface area (Å²) < 4.78 is 11.0. The van der Waals surface area contributed by atoms with Crippen LogP contribution in [0.15, 0.2) is 91.6 Å². The van der Waals surface area contributed by atoms with E-state index in [1.54, 1.807) is 12.4 Å². The van der Waals surface area contributed by atoms with Crippen molar-refractivity contribution in [3.8, 4) is 11.1 Å².